The van der Waals surface area contributed by atoms with Gasteiger partial charge in [0.05, 0.1) is 12.2 Å². The monoisotopic (exact) mass is 295 g/mol. The zero-order valence-corrected chi connectivity index (χ0v) is 11.7. The van der Waals surface area contributed by atoms with Gasteiger partial charge >= 0.3 is 5.97 Å². The Morgan fingerprint density at radius 1 is 1.26 bits per heavy atom. The van der Waals surface area contributed by atoms with Crippen LogP contribution in [0.15, 0.2) is 36.7 Å². The van der Waals surface area contributed by atoms with Gasteiger partial charge in [0, 0.05) is 33.6 Å². The van der Waals surface area contributed by atoms with E-state index in [1.165, 1.54) is 6.20 Å². The summed E-state index contributed by atoms with van der Waals surface area (Å²) in [6.07, 6.45) is 3.08. The fourth-order valence-corrected chi connectivity index (χ4v) is 2.03. The molecule has 0 amide bonds. The van der Waals surface area contributed by atoms with Crippen molar-refractivity contribution in [2.75, 3.05) is 6.61 Å². The maximum atomic E-state index is 11.7. The number of esters is 1. The zero-order chi connectivity index (χ0) is 13.8. The minimum absolute atomic E-state index is 0.320. The minimum Gasteiger partial charge on any atom is -0.462 e. The van der Waals surface area contributed by atoms with Crippen LogP contribution in [0.25, 0.3) is 11.1 Å². The molecule has 3 nitrogen and oxygen atoms in total. The van der Waals surface area contributed by atoms with Crippen molar-refractivity contribution < 1.29 is 9.53 Å². The summed E-state index contributed by atoms with van der Waals surface area (Å²) in [4.78, 5) is 15.7. The van der Waals surface area contributed by atoms with Crippen molar-refractivity contribution in [1.82, 2.24) is 4.98 Å². The van der Waals surface area contributed by atoms with Crippen LogP contribution in [0, 0.1) is 0 Å². The average molecular weight is 296 g/mol. The van der Waals surface area contributed by atoms with E-state index in [-0.39, 0.29) is 0 Å². The van der Waals surface area contributed by atoms with Gasteiger partial charge in [0.1, 0.15) is 0 Å². The van der Waals surface area contributed by atoms with Crippen LogP contribution in [0.5, 0.6) is 0 Å². The molecule has 98 valence electrons. The number of carbonyl (C=O) groups excluding carboxylic acids is 1. The van der Waals surface area contributed by atoms with E-state index in [4.69, 9.17) is 27.9 Å². The molecule has 1 aromatic carbocycles. The van der Waals surface area contributed by atoms with Crippen LogP contribution in [0.2, 0.25) is 10.0 Å². The molecule has 0 saturated carbocycles. The van der Waals surface area contributed by atoms with Crippen molar-refractivity contribution in [3.63, 3.8) is 0 Å². The Morgan fingerprint density at radius 3 is 2.79 bits per heavy atom. The number of nitrogens with zero attached hydrogens (tertiary/aromatic N) is 1. The number of ether oxygens (including phenoxy) is 1. The molecule has 0 atom stereocenters. The smallest absolute Gasteiger partial charge is 0.339 e. The topological polar surface area (TPSA) is 39.2 Å². The number of benzene rings is 1. The van der Waals surface area contributed by atoms with E-state index in [2.05, 4.69) is 4.98 Å². The Hall–Kier alpha value is -1.58. The van der Waals surface area contributed by atoms with Gasteiger partial charge in [0.25, 0.3) is 0 Å². The summed E-state index contributed by atoms with van der Waals surface area (Å²) in [5.74, 6) is -0.407. The Labute approximate surface area is 121 Å². The summed E-state index contributed by atoms with van der Waals surface area (Å²) in [7, 11) is 0. The van der Waals surface area contributed by atoms with Crippen molar-refractivity contribution in [1.29, 1.82) is 0 Å². The second kappa shape index (κ2) is 6.04. The van der Waals surface area contributed by atoms with E-state index in [0.29, 0.717) is 22.2 Å². The molecule has 19 heavy (non-hydrogen) atoms. The van der Waals surface area contributed by atoms with Crippen molar-refractivity contribution in [2.24, 2.45) is 0 Å². The highest BCUT2D eigenvalue weighted by molar-refractivity contribution is 6.35. The molecule has 0 bridgehead atoms. The lowest BCUT2D eigenvalue weighted by molar-refractivity contribution is 0.0526. The van der Waals surface area contributed by atoms with Gasteiger partial charge in [-0.15, -0.1) is 0 Å². The molecular weight excluding hydrogens is 285 g/mol. The number of aromatic nitrogens is 1. The predicted molar refractivity (Wildman–Crippen MR) is 75.6 cm³/mol. The summed E-state index contributed by atoms with van der Waals surface area (Å²) >= 11 is 12.1. The van der Waals surface area contributed by atoms with Crippen molar-refractivity contribution in [2.45, 2.75) is 6.92 Å². The van der Waals surface area contributed by atoms with Crippen molar-refractivity contribution in [3.05, 3.63) is 52.3 Å². The van der Waals surface area contributed by atoms with Crippen molar-refractivity contribution in [3.8, 4) is 11.1 Å². The fraction of sp³-hybridized carbons (Fsp3) is 0.143. The van der Waals surface area contributed by atoms with Gasteiger partial charge in [-0.2, -0.15) is 0 Å². The van der Waals surface area contributed by atoms with Crippen LogP contribution in [-0.2, 0) is 4.74 Å². The zero-order valence-electron chi connectivity index (χ0n) is 10.2. The summed E-state index contributed by atoms with van der Waals surface area (Å²) in [5.41, 5.74) is 1.83. The van der Waals surface area contributed by atoms with Crippen LogP contribution >= 0.6 is 23.2 Å². The highest BCUT2D eigenvalue weighted by Crippen LogP contribution is 2.30. The quantitative estimate of drug-likeness (QED) is 0.796. The molecule has 0 fully saturated rings. The van der Waals surface area contributed by atoms with Gasteiger partial charge in [-0.3, -0.25) is 4.98 Å². The summed E-state index contributed by atoms with van der Waals surface area (Å²) in [5, 5.41) is 1.12. The molecule has 2 rings (SSSR count). The standard InChI is InChI=1S/C14H11Cl2NO2/c1-2-19-14(18)10-5-9(7-17-8-10)12-6-11(15)3-4-13(12)16/h3-8H,2H2,1H3. The Balaban J connectivity index is 2.43. The predicted octanol–water partition coefficient (Wildman–Crippen LogP) is 4.23. The number of hydrogen-bond donors (Lipinski definition) is 0. The van der Waals surface area contributed by atoms with Crippen LogP contribution < -0.4 is 0 Å². The molecule has 0 aliphatic carbocycles. The third-order valence-electron chi connectivity index (χ3n) is 2.49. The number of rotatable bonds is 3. The number of hydrogen-bond acceptors (Lipinski definition) is 3. The lowest BCUT2D eigenvalue weighted by Gasteiger charge is -2.07. The SMILES string of the molecule is CCOC(=O)c1cncc(-c2cc(Cl)ccc2Cl)c1. The first-order valence-electron chi connectivity index (χ1n) is 5.69. The summed E-state index contributed by atoms with van der Waals surface area (Å²) in [6.45, 7) is 2.07. The van der Waals surface area contributed by atoms with Crippen LogP contribution in [0.3, 0.4) is 0 Å². The van der Waals surface area contributed by atoms with E-state index < -0.39 is 5.97 Å². The van der Waals surface area contributed by atoms with Gasteiger partial charge in [0.2, 0.25) is 0 Å². The molecule has 0 unspecified atom stereocenters. The van der Waals surface area contributed by atoms with Gasteiger partial charge in [-0.05, 0) is 31.2 Å². The molecule has 5 heteroatoms. The second-order valence-electron chi connectivity index (χ2n) is 3.81. The molecule has 1 aromatic heterocycles. The lowest BCUT2D eigenvalue weighted by Crippen LogP contribution is -2.05. The third-order valence-corrected chi connectivity index (χ3v) is 3.05. The molecule has 0 radical (unpaired) electrons. The van der Waals surface area contributed by atoms with E-state index >= 15 is 0 Å². The number of halogens is 2. The molecular formula is C14H11Cl2NO2. The first kappa shape index (κ1) is 13.8. The summed E-state index contributed by atoms with van der Waals surface area (Å²) in [6, 6.07) is 6.82. The van der Waals surface area contributed by atoms with Crippen LogP contribution in [0.1, 0.15) is 17.3 Å². The molecule has 2 aromatic rings. The van der Waals surface area contributed by atoms with E-state index in [1.807, 2.05) is 0 Å². The molecule has 0 N–H and O–H groups in total. The Morgan fingerprint density at radius 2 is 2.05 bits per heavy atom. The number of pyridine rings is 1. The Bertz CT molecular complexity index is 614. The summed E-state index contributed by atoms with van der Waals surface area (Å²) < 4.78 is 4.93. The average Bonchev–Trinajstić information content (AvgIpc) is 2.42. The fourth-order valence-electron chi connectivity index (χ4n) is 1.63. The van der Waals surface area contributed by atoms with Crippen molar-refractivity contribution >= 4 is 29.2 Å². The molecule has 0 spiro atoms. The van der Waals surface area contributed by atoms with Gasteiger partial charge in [-0.25, -0.2) is 4.79 Å². The van der Waals surface area contributed by atoms with Gasteiger partial charge in [-0.1, -0.05) is 23.2 Å². The van der Waals surface area contributed by atoms with E-state index in [1.54, 1.807) is 37.4 Å². The van der Waals surface area contributed by atoms with E-state index in [0.717, 1.165) is 11.1 Å². The third kappa shape index (κ3) is 3.25. The Kier molecular flexibility index (Phi) is 4.40. The second-order valence-corrected chi connectivity index (χ2v) is 4.65. The normalized spacial score (nSPS) is 10.3. The first-order chi connectivity index (χ1) is 9.11. The lowest BCUT2D eigenvalue weighted by atomic mass is 10.1. The van der Waals surface area contributed by atoms with Crippen LogP contribution in [-0.4, -0.2) is 17.6 Å². The molecule has 1 heterocycles. The highest BCUT2D eigenvalue weighted by Gasteiger charge is 2.10. The maximum absolute atomic E-state index is 11.7. The molecule has 0 saturated heterocycles. The highest BCUT2D eigenvalue weighted by atomic mass is 35.5. The largest absolute Gasteiger partial charge is 0.462 e. The van der Waals surface area contributed by atoms with Gasteiger partial charge in [0.15, 0.2) is 0 Å². The maximum Gasteiger partial charge on any atom is 0.339 e. The minimum atomic E-state index is -0.407. The molecule has 0 aliphatic heterocycles. The van der Waals surface area contributed by atoms with E-state index in [9.17, 15) is 4.79 Å². The molecule has 0 aliphatic rings. The van der Waals surface area contributed by atoms with Gasteiger partial charge < -0.3 is 4.74 Å². The first-order valence-corrected chi connectivity index (χ1v) is 6.45. The van der Waals surface area contributed by atoms with Crippen LogP contribution in [0.4, 0.5) is 0 Å². The number of carbonyl (C=O) groups is 1.